The van der Waals surface area contributed by atoms with Crippen LogP contribution in [0, 0.1) is 5.82 Å². The van der Waals surface area contributed by atoms with Crippen molar-refractivity contribution in [1.82, 2.24) is 5.32 Å². The second kappa shape index (κ2) is 7.22. The maximum Gasteiger partial charge on any atom is 0.408 e. The minimum atomic E-state index is -1.57. The van der Waals surface area contributed by atoms with Crippen LogP contribution in [0.25, 0.3) is 0 Å². The highest BCUT2D eigenvalue weighted by Gasteiger charge is 2.47. The van der Waals surface area contributed by atoms with E-state index in [1.165, 1.54) is 12.1 Å². The Labute approximate surface area is 158 Å². The number of rotatable bonds is 4. The zero-order valence-corrected chi connectivity index (χ0v) is 16.2. The number of amides is 1. The molecule has 7 nitrogen and oxygen atoms in total. The molecule has 1 saturated heterocycles. The third-order valence-electron chi connectivity index (χ3n) is 3.99. The van der Waals surface area contributed by atoms with Gasteiger partial charge >= 0.3 is 12.1 Å². The molecular formula is C17H20BrFN2O5. The second-order valence-electron chi connectivity index (χ2n) is 7.10. The third kappa shape index (κ3) is 4.14. The molecular weight excluding hydrogens is 411 g/mol. The first-order valence-electron chi connectivity index (χ1n) is 7.92. The molecule has 1 atom stereocenters. The van der Waals surface area contributed by atoms with Gasteiger partial charge in [0.25, 0.3) is 0 Å². The summed E-state index contributed by atoms with van der Waals surface area (Å²) in [6, 6.07) is 2.60. The number of alkyl carbamates (subject to hydrolysis) is 1. The highest BCUT2D eigenvalue weighted by Crippen LogP contribution is 2.33. The summed E-state index contributed by atoms with van der Waals surface area (Å²) in [5, 5.41) is 12.1. The maximum atomic E-state index is 13.7. The summed E-state index contributed by atoms with van der Waals surface area (Å²) < 4.78 is 18.8. The van der Waals surface area contributed by atoms with E-state index in [1.54, 1.807) is 25.7 Å². The zero-order valence-electron chi connectivity index (χ0n) is 14.6. The standard InChI is InChI=1S/C17H20BrFN2O5/c1-16(2,3)26-15(25)20-17(14(23)24)6-7-21(9-17)12-5-4-11(19)13(18)10(12)8-22/h4-5,8H,6-7,9H2,1-3H3,(H,20,25)(H,23,24). The van der Waals surface area contributed by atoms with Gasteiger partial charge in [-0.2, -0.15) is 0 Å². The number of nitrogens with one attached hydrogen (secondary N) is 1. The van der Waals surface area contributed by atoms with Crippen molar-refractivity contribution in [3.05, 3.63) is 28.0 Å². The van der Waals surface area contributed by atoms with Gasteiger partial charge in [-0.1, -0.05) is 0 Å². The van der Waals surface area contributed by atoms with E-state index in [-0.39, 0.29) is 29.5 Å². The Kier molecular flexibility index (Phi) is 5.60. The largest absolute Gasteiger partial charge is 0.479 e. The number of hydrogen-bond acceptors (Lipinski definition) is 5. The van der Waals surface area contributed by atoms with Crippen molar-refractivity contribution in [2.45, 2.75) is 38.3 Å². The average molecular weight is 431 g/mol. The van der Waals surface area contributed by atoms with E-state index in [9.17, 15) is 23.9 Å². The van der Waals surface area contributed by atoms with E-state index in [0.717, 1.165) is 0 Å². The van der Waals surface area contributed by atoms with Gasteiger partial charge in [0.2, 0.25) is 0 Å². The van der Waals surface area contributed by atoms with Crippen LogP contribution in [0.15, 0.2) is 16.6 Å². The Morgan fingerprint density at radius 2 is 2.08 bits per heavy atom. The van der Waals surface area contributed by atoms with Crippen LogP contribution in [-0.2, 0) is 9.53 Å². The zero-order chi connectivity index (χ0) is 19.7. The highest BCUT2D eigenvalue weighted by molar-refractivity contribution is 9.10. The molecule has 0 aromatic heterocycles. The number of carbonyl (C=O) groups excluding carboxylic acids is 2. The van der Waals surface area contributed by atoms with E-state index in [0.29, 0.717) is 12.0 Å². The van der Waals surface area contributed by atoms with Gasteiger partial charge < -0.3 is 20.1 Å². The van der Waals surface area contributed by atoms with Gasteiger partial charge in [0.1, 0.15) is 11.4 Å². The summed E-state index contributed by atoms with van der Waals surface area (Å²) in [6.07, 6.45) is -0.225. The number of carboxylic acid groups (broad SMARTS) is 1. The summed E-state index contributed by atoms with van der Waals surface area (Å²) in [5.74, 6) is -1.80. The Morgan fingerprint density at radius 1 is 1.42 bits per heavy atom. The molecule has 2 rings (SSSR count). The molecule has 1 aliphatic heterocycles. The molecule has 0 spiro atoms. The van der Waals surface area contributed by atoms with E-state index in [4.69, 9.17) is 4.74 Å². The second-order valence-corrected chi connectivity index (χ2v) is 7.89. The number of carbonyl (C=O) groups is 3. The number of aliphatic carboxylic acids is 1. The number of benzene rings is 1. The van der Waals surface area contributed by atoms with Crippen molar-refractivity contribution in [3.8, 4) is 0 Å². The Hall–Kier alpha value is -2.16. The van der Waals surface area contributed by atoms with E-state index >= 15 is 0 Å². The molecule has 26 heavy (non-hydrogen) atoms. The number of nitrogens with zero attached hydrogens (tertiary/aromatic N) is 1. The van der Waals surface area contributed by atoms with Crippen molar-refractivity contribution >= 4 is 40.0 Å². The van der Waals surface area contributed by atoms with Crippen LogP contribution >= 0.6 is 15.9 Å². The quantitative estimate of drug-likeness (QED) is 0.712. The van der Waals surface area contributed by atoms with Crippen LogP contribution in [0.4, 0.5) is 14.9 Å². The molecule has 0 radical (unpaired) electrons. The minimum Gasteiger partial charge on any atom is -0.479 e. The molecule has 0 bridgehead atoms. The number of halogens is 2. The number of ether oxygens (including phenoxy) is 1. The monoisotopic (exact) mass is 430 g/mol. The molecule has 1 unspecified atom stereocenters. The molecule has 1 aromatic carbocycles. The molecule has 1 fully saturated rings. The lowest BCUT2D eigenvalue weighted by Crippen LogP contribution is -2.57. The maximum absolute atomic E-state index is 13.7. The molecule has 1 aromatic rings. The Bertz CT molecular complexity index is 749. The number of carboxylic acids is 1. The average Bonchev–Trinajstić information content (AvgIpc) is 2.93. The Morgan fingerprint density at radius 3 is 2.62 bits per heavy atom. The molecule has 1 heterocycles. The third-order valence-corrected chi connectivity index (χ3v) is 4.79. The highest BCUT2D eigenvalue weighted by atomic mass is 79.9. The first-order chi connectivity index (χ1) is 12.0. The van der Waals surface area contributed by atoms with Gasteiger partial charge in [-0.05, 0) is 48.8 Å². The summed E-state index contributed by atoms with van der Waals surface area (Å²) in [7, 11) is 0. The normalized spacial score (nSPS) is 20.0. The fourth-order valence-electron chi connectivity index (χ4n) is 2.79. The lowest BCUT2D eigenvalue weighted by atomic mass is 9.99. The van der Waals surface area contributed by atoms with Crippen molar-refractivity contribution in [2.24, 2.45) is 0 Å². The van der Waals surface area contributed by atoms with Crippen LogP contribution < -0.4 is 10.2 Å². The lowest BCUT2D eigenvalue weighted by molar-refractivity contribution is -0.143. The number of hydrogen-bond donors (Lipinski definition) is 2. The van der Waals surface area contributed by atoms with Gasteiger partial charge in [0.05, 0.1) is 16.6 Å². The Balaban J connectivity index is 2.28. The molecule has 142 valence electrons. The summed E-state index contributed by atoms with van der Waals surface area (Å²) in [6.45, 7) is 5.20. The fraction of sp³-hybridized carbons (Fsp3) is 0.471. The van der Waals surface area contributed by atoms with Crippen molar-refractivity contribution in [1.29, 1.82) is 0 Å². The molecule has 0 aliphatic carbocycles. The predicted octanol–water partition coefficient (Wildman–Crippen LogP) is 2.96. The van der Waals surface area contributed by atoms with E-state index in [2.05, 4.69) is 21.2 Å². The molecule has 1 amide bonds. The van der Waals surface area contributed by atoms with Gasteiger partial charge in [0, 0.05) is 18.7 Å². The topological polar surface area (TPSA) is 95.9 Å². The van der Waals surface area contributed by atoms with Crippen molar-refractivity contribution in [3.63, 3.8) is 0 Å². The smallest absolute Gasteiger partial charge is 0.408 e. The van der Waals surface area contributed by atoms with Crippen LogP contribution in [-0.4, -0.2) is 47.7 Å². The predicted molar refractivity (Wildman–Crippen MR) is 96.1 cm³/mol. The van der Waals surface area contributed by atoms with E-state index in [1.807, 2.05) is 0 Å². The van der Waals surface area contributed by atoms with Crippen molar-refractivity contribution < 1.29 is 28.6 Å². The van der Waals surface area contributed by atoms with Gasteiger partial charge in [0.15, 0.2) is 11.8 Å². The van der Waals surface area contributed by atoms with Gasteiger partial charge in [-0.3, -0.25) is 4.79 Å². The molecule has 9 heteroatoms. The van der Waals surface area contributed by atoms with Gasteiger partial charge in [-0.25, -0.2) is 14.0 Å². The lowest BCUT2D eigenvalue weighted by Gasteiger charge is -2.29. The SMILES string of the molecule is CC(C)(C)OC(=O)NC1(C(=O)O)CCN(c2ccc(F)c(Br)c2C=O)C1. The van der Waals surface area contributed by atoms with Crippen molar-refractivity contribution in [2.75, 3.05) is 18.0 Å². The first-order valence-corrected chi connectivity index (χ1v) is 8.71. The fourth-order valence-corrected chi connectivity index (χ4v) is 3.22. The van der Waals surface area contributed by atoms with Crippen LogP contribution in [0.5, 0.6) is 0 Å². The summed E-state index contributed by atoms with van der Waals surface area (Å²) >= 11 is 3.03. The number of aldehydes is 1. The van der Waals surface area contributed by atoms with Crippen LogP contribution in [0.2, 0.25) is 0 Å². The van der Waals surface area contributed by atoms with Crippen LogP contribution in [0.1, 0.15) is 37.6 Å². The van der Waals surface area contributed by atoms with Gasteiger partial charge in [-0.15, -0.1) is 0 Å². The molecule has 1 aliphatic rings. The van der Waals surface area contributed by atoms with Crippen LogP contribution in [0.3, 0.4) is 0 Å². The first kappa shape index (κ1) is 20.2. The molecule has 2 N–H and O–H groups in total. The number of anilines is 1. The minimum absolute atomic E-state index is 0.0120. The van der Waals surface area contributed by atoms with E-state index < -0.39 is 29.0 Å². The molecule has 0 saturated carbocycles. The summed E-state index contributed by atoms with van der Waals surface area (Å²) in [5.41, 5.74) is -1.86. The summed E-state index contributed by atoms with van der Waals surface area (Å²) in [4.78, 5) is 36.9.